The van der Waals surface area contributed by atoms with E-state index in [2.05, 4.69) is 44.3 Å². The Kier molecular flexibility index (Phi) is 4.68. The largest absolute Gasteiger partial charge is 0.371 e. The average molecular weight is 300 g/mol. The highest BCUT2D eigenvalue weighted by Gasteiger charge is 2.20. The standard InChI is InChI=1S/C16H24N6/c1-20(12-15-13-21(2)19-18-15)11-14-5-9-22(10-6-14)16-3-7-17-8-4-16/h3-4,7-8,13-14H,5-6,9-12H2,1-2H3. The van der Waals surface area contributed by atoms with Gasteiger partial charge in [0.2, 0.25) is 0 Å². The zero-order valence-electron chi connectivity index (χ0n) is 13.4. The maximum atomic E-state index is 4.16. The van der Waals surface area contributed by atoms with Gasteiger partial charge in [0.05, 0.1) is 5.69 Å². The van der Waals surface area contributed by atoms with Crippen LogP contribution in [-0.2, 0) is 13.6 Å². The maximum Gasteiger partial charge on any atom is 0.0966 e. The number of hydrogen-bond acceptors (Lipinski definition) is 5. The summed E-state index contributed by atoms with van der Waals surface area (Å²) < 4.78 is 1.76. The predicted octanol–water partition coefficient (Wildman–Crippen LogP) is 1.56. The third-order valence-corrected chi connectivity index (χ3v) is 4.29. The van der Waals surface area contributed by atoms with E-state index < -0.39 is 0 Å². The summed E-state index contributed by atoms with van der Waals surface area (Å²) in [4.78, 5) is 8.91. The van der Waals surface area contributed by atoms with Gasteiger partial charge in [-0.05, 0) is 37.9 Å². The number of nitrogens with zero attached hydrogens (tertiary/aromatic N) is 6. The van der Waals surface area contributed by atoms with Crippen LogP contribution in [0.1, 0.15) is 18.5 Å². The summed E-state index contributed by atoms with van der Waals surface area (Å²) in [5.74, 6) is 0.764. The molecule has 0 radical (unpaired) electrons. The van der Waals surface area contributed by atoms with Crippen LogP contribution in [0.4, 0.5) is 5.69 Å². The van der Waals surface area contributed by atoms with Crippen LogP contribution in [0, 0.1) is 5.92 Å². The lowest BCUT2D eigenvalue weighted by molar-refractivity contribution is 0.240. The molecule has 1 fully saturated rings. The molecule has 1 saturated heterocycles. The molecule has 0 spiro atoms. The van der Waals surface area contributed by atoms with Gasteiger partial charge in [0.1, 0.15) is 0 Å². The molecule has 22 heavy (non-hydrogen) atoms. The molecule has 0 aromatic carbocycles. The molecular formula is C16H24N6. The van der Waals surface area contributed by atoms with Crippen molar-refractivity contribution in [3.05, 3.63) is 36.4 Å². The Morgan fingerprint density at radius 1 is 1.23 bits per heavy atom. The summed E-state index contributed by atoms with van der Waals surface area (Å²) in [6, 6.07) is 4.20. The van der Waals surface area contributed by atoms with E-state index in [0.717, 1.165) is 37.8 Å². The second-order valence-electron chi connectivity index (χ2n) is 6.22. The van der Waals surface area contributed by atoms with Crippen LogP contribution in [0.2, 0.25) is 0 Å². The highest BCUT2D eigenvalue weighted by atomic mass is 15.4. The summed E-state index contributed by atoms with van der Waals surface area (Å²) in [5.41, 5.74) is 2.33. The number of piperidine rings is 1. The van der Waals surface area contributed by atoms with Gasteiger partial charge >= 0.3 is 0 Å². The van der Waals surface area contributed by atoms with Gasteiger partial charge in [-0.15, -0.1) is 5.10 Å². The minimum Gasteiger partial charge on any atom is -0.371 e. The summed E-state index contributed by atoms with van der Waals surface area (Å²) in [6.45, 7) is 4.26. The number of hydrogen-bond donors (Lipinski definition) is 0. The smallest absolute Gasteiger partial charge is 0.0966 e. The highest BCUT2D eigenvalue weighted by Crippen LogP contribution is 2.23. The first-order chi connectivity index (χ1) is 10.7. The van der Waals surface area contributed by atoms with Crippen LogP contribution in [-0.4, -0.2) is 51.6 Å². The molecular weight excluding hydrogens is 276 g/mol. The summed E-state index contributed by atoms with van der Waals surface area (Å²) in [7, 11) is 4.08. The van der Waals surface area contributed by atoms with Crippen molar-refractivity contribution in [3.8, 4) is 0 Å². The fraction of sp³-hybridized carbons (Fsp3) is 0.562. The van der Waals surface area contributed by atoms with Gasteiger partial charge in [0.25, 0.3) is 0 Å². The fourth-order valence-electron chi connectivity index (χ4n) is 3.18. The predicted molar refractivity (Wildman–Crippen MR) is 86.5 cm³/mol. The lowest BCUT2D eigenvalue weighted by Gasteiger charge is -2.35. The molecule has 6 nitrogen and oxygen atoms in total. The molecule has 118 valence electrons. The van der Waals surface area contributed by atoms with Gasteiger partial charge in [0, 0.05) is 57.5 Å². The van der Waals surface area contributed by atoms with Gasteiger partial charge in [-0.3, -0.25) is 9.67 Å². The van der Waals surface area contributed by atoms with Crippen molar-refractivity contribution in [2.75, 3.05) is 31.6 Å². The van der Waals surface area contributed by atoms with Crippen molar-refractivity contribution in [3.63, 3.8) is 0 Å². The Bertz CT molecular complexity index is 573. The van der Waals surface area contributed by atoms with Crippen molar-refractivity contribution < 1.29 is 0 Å². The normalized spacial score (nSPS) is 16.4. The molecule has 0 saturated carbocycles. The van der Waals surface area contributed by atoms with Crippen molar-refractivity contribution in [1.82, 2.24) is 24.9 Å². The average Bonchev–Trinajstić information content (AvgIpc) is 2.94. The van der Waals surface area contributed by atoms with Gasteiger partial charge in [0.15, 0.2) is 0 Å². The molecule has 1 aliphatic rings. The summed E-state index contributed by atoms with van der Waals surface area (Å²) >= 11 is 0. The number of aromatic nitrogens is 4. The Hall–Kier alpha value is -1.95. The SMILES string of the molecule is CN(Cc1cn(C)nn1)CC1CCN(c2ccncc2)CC1. The first-order valence-corrected chi connectivity index (χ1v) is 7.89. The highest BCUT2D eigenvalue weighted by molar-refractivity contribution is 5.44. The molecule has 0 unspecified atom stereocenters. The first-order valence-electron chi connectivity index (χ1n) is 7.89. The first kappa shape index (κ1) is 15.0. The van der Waals surface area contributed by atoms with Crippen molar-refractivity contribution >= 4 is 5.69 Å². The molecule has 1 aliphatic heterocycles. The van der Waals surface area contributed by atoms with E-state index in [1.807, 2.05) is 25.6 Å². The quantitative estimate of drug-likeness (QED) is 0.839. The molecule has 0 bridgehead atoms. The molecule has 2 aromatic rings. The molecule has 3 heterocycles. The zero-order valence-corrected chi connectivity index (χ0v) is 13.4. The summed E-state index contributed by atoms with van der Waals surface area (Å²) in [6.07, 6.45) is 8.22. The monoisotopic (exact) mass is 300 g/mol. The maximum absolute atomic E-state index is 4.16. The van der Waals surface area contributed by atoms with Crippen molar-refractivity contribution in [2.45, 2.75) is 19.4 Å². The fourth-order valence-corrected chi connectivity index (χ4v) is 3.18. The van der Waals surface area contributed by atoms with Crippen molar-refractivity contribution in [1.29, 1.82) is 0 Å². The minimum absolute atomic E-state index is 0.764. The van der Waals surface area contributed by atoms with E-state index in [1.54, 1.807) is 4.68 Å². The molecule has 0 N–H and O–H groups in total. The molecule has 3 rings (SSSR count). The van der Waals surface area contributed by atoms with E-state index in [0.29, 0.717) is 0 Å². The van der Waals surface area contributed by atoms with Gasteiger partial charge in [-0.2, -0.15) is 0 Å². The van der Waals surface area contributed by atoms with Crippen LogP contribution in [0.3, 0.4) is 0 Å². The minimum atomic E-state index is 0.764. The van der Waals surface area contributed by atoms with Gasteiger partial charge < -0.3 is 9.80 Å². The van der Waals surface area contributed by atoms with E-state index in [1.165, 1.54) is 18.5 Å². The van der Waals surface area contributed by atoms with E-state index in [4.69, 9.17) is 0 Å². The Morgan fingerprint density at radius 3 is 2.59 bits per heavy atom. The summed E-state index contributed by atoms with van der Waals surface area (Å²) in [5, 5.41) is 8.15. The van der Waals surface area contributed by atoms with E-state index >= 15 is 0 Å². The molecule has 6 heteroatoms. The molecule has 0 atom stereocenters. The molecule has 0 aliphatic carbocycles. The van der Waals surface area contributed by atoms with Gasteiger partial charge in [-0.25, -0.2) is 0 Å². The van der Waals surface area contributed by atoms with Gasteiger partial charge in [-0.1, -0.05) is 5.21 Å². The Labute approximate surface area is 131 Å². The lowest BCUT2D eigenvalue weighted by Crippen LogP contribution is -2.37. The van der Waals surface area contributed by atoms with Crippen LogP contribution in [0.25, 0.3) is 0 Å². The van der Waals surface area contributed by atoms with Crippen molar-refractivity contribution in [2.24, 2.45) is 13.0 Å². The van der Waals surface area contributed by atoms with Crippen LogP contribution < -0.4 is 4.90 Å². The molecule has 2 aromatic heterocycles. The van der Waals surface area contributed by atoms with Crippen LogP contribution >= 0.6 is 0 Å². The van der Waals surface area contributed by atoms with Crippen LogP contribution in [0.15, 0.2) is 30.7 Å². The third-order valence-electron chi connectivity index (χ3n) is 4.29. The zero-order chi connectivity index (χ0) is 15.4. The lowest BCUT2D eigenvalue weighted by atomic mass is 9.96. The Balaban J connectivity index is 1.45. The van der Waals surface area contributed by atoms with Crippen LogP contribution in [0.5, 0.6) is 0 Å². The third kappa shape index (κ3) is 3.82. The number of pyridine rings is 1. The Morgan fingerprint density at radius 2 is 1.95 bits per heavy atom. The second kappa shape index (κ2) is 6.87. The number of rotatable bonds is 5. The second-order valence-corrected chi connectivity index (χ2v) is 6.22. The molecule has 0 amide bonds. The number of anilines is 1. The topological polar surface area (TPSA) is 50.1 Å². The van der Waals surface area contributed by atoms with E-state index in [9.17, 15) is 0 Å². The number of aryl methyl sites for hydroxylation is 1. The van der Waals surface area contributed by atoms with E-state index in [-0.39, 0.29) is 0 Å².